The monoisotopic (exact) mass is 254 g/mol. The van der Waals surface area contributed by atoms with Crippen molar-refractivity contribution < 1.29 is 9.53 Å². The van der Waals surface area contributed by atoms with E-state index in [1.807, 2.05) is 4.90 Å². The largest absolute Gasteiger partial charge is 0.368 e. The van der Waals surface area contributed by atoms with Crippen molar-refractivity contribution in [1.29, 1.82) is 0 Å². The molecule has 4 nitrogen and oxygen atoms in total. The van der Waals surface area contributed by atoms with Gasteiger partial charge in [0, 0.05) is 25.7 Å². The third-order valence-corrected chi connectivity index (χ3v) is 4.18. The summed E-state index contributed by atoms with van der Waals surface area (Å²) in [5, 5.41) is 3.34. The third-order valence-electron chi connectivity index (χ3n) is 4.18. The van der Waals surface area contributed by atoms with E-state index in [2.05, 4.69) is 19.2 Å². The summed E-state index contributed by atoms with van der Waals surface area (Å²) in [7, 11) is 0. The first kappa shape index (κ1) is 13.8. The highest BCUT2D eigenvalue weighted by molar-refractivity contribution is 5.77. The zero-order chi connectivity index (χ0) is 13.0. The zero-order valence-corrected chi connectivity index (χ0v) is 11.7. The molecule has 0 spiro atoms. The van der Waals surface area contributed by atoms with Crippen LogP contribution in [0.25, 0.3) is 0 Å². The molecule has 0 bridgehead atoms. The second-order valence-corrected chi connectivity index (χ2v) is 5.81. The fourth-order valence-electron chi connectivity index (χ4n) is 2.96. The van der Waals surface area contributed by atoms with Crippen molar-refractivity contribution in [2.24, 2.45) is 5.92 Å². The van der Waals surface area contributed by atoms with Crippen LogP contribution in [0, 0.1) is 5.92 Å². The molecule has 1 aliphatic carbocycles. The Hall–Kier alpha value is -0.610. The van der Waals surface area contributed by atoms with Crippen LogP contribution in [0.4, 0.5) is 0 Å². The van der Waals surface area contributed by atoms with E-state index in [9.17, 15) is 4.79 Å². The molecule has 1 heterocycles. The number of nitrogens with zero attached hydrogens (tertiary/aromatic N) is 1. The molecular formula is C14H26N2O2. The van der Waals surface area contributed by atoms with Crippen LogP contribution < -0.4 is 5.32 Å². The maximum atomic E-state index is 12.1. The van der Waals surface area contributed by atoms with Gasteiger partial charge in [-0.05, 0) is 25.7 Å². The van der Waals surface area contributed by atoms with Crippen molar-refractivity contribution in [1.82, 2.24) is 10.2 Å². The quantitative estimate of drug-likeness (QED) is 0.828. The van der Waals surface area contributed by atoms with Crippen LogP contribution in [-0.4, -0.2) is 49.2 Å². The van der Waals surface area contributed by atoms with E-state index in [1.165, 1.54) is 19.3 Å². The van der Waals surface area contributed by atoms with E-state index in [1.54, 1.807) is 0 Å². The maximum Gasteiger partial charge on any atom is 0.248 e. The van der Waals surface area contributed by atoms with Gasteiger partial charge in [-0.25, -0.2) is 0 Å². The summed E-state index contributed by atoms with van der Waals surface area (Å²) in [5.74, 6) is 0.759. The number of nitrogens with one attached hydrogen (secondary N) is 1. The predicted molar refractivity (Wildman–Crippen MR) is 71.4 cm³/mol. The molecule has 1 saturated carbocycles. The molecule has 1 saturated heterocycles. The van der Waals surface area contributed by atoms with Crippen molar-refractivity contribution >= 4 is 5.91 Å². The summed E-state index contributed by atoms with van der Waals surface area (Å²) in [6.07, 6.45) is 5.21. The Morgan fingerprint density at radius 3 is 2.83 bits per heavy atom. The lowest BCUT2D eigenvalue weighted by Crippen LogP contribution is -2.52. The minimum atomic E-state index is 0.154. The molecule has 0 radical (unpaired) electrons. The molecule has 1 N–H and O–H groups in total. The summed E-state index contributed by atoms with van der Waals surface area (Å²) in [6.45, 7) is 7.13. The Labute approximate surface area is 110 Å². The summed E-state index contributed by atoms with van der Waals surface area (Å²) in [6, 6.07) is 0.399. The van der Waals surface area contributed by atoms with Crippen molar-refractivity contribution in [2.75, 3.05) is 26.2 Å². The van der Waals surface area contributed by atoms with Gasteiger partial charge in [-0.15, -0.1) is 0 Å². The molecule has 2 fully saturated rings. The van der Waals surface area contributed by atoms with Gasteiger partial charge in [0.05, 0.1) is 6.10 Å². The molecule has 2 aliphatic rings. The standard InChI is InChI=1S/C14H26N2O2/c1-11-5-3-4-6-13(11)18-10-14(17)16-8-7-15-12(2)9-16/h11-13,15H,3-10H2,1-2H3/t11-,12-,13-/m1/s1. The van der Waals surface area contributed by atoms with E-state index >= 15 is 0 Å². The van der Waals surface area contributed by atoms with Crippen LogP contribution in [0.3, 0.4) is 0 Å². The van der Waals surface area contributed by atoms with E-state index in [0.29, 0.717) is 18.1 Å². The molecule has 1 aliphatic heterocycles. The van der Waals surface area contributed by atoms with Gasteiger partial charge < -0.3 is 15.0 Å². The number of hydrogen-bond donors (Lipinski definition) is 1. The van der Waals surface area contributed by atoms with Gasteiger partial charge in [-0.1, -0.05) is 19.8 Å². The molecule has 104 valence electrons. The lowest BCUT2D eigenvalue weighted by Gasteiger charge is -2.33. The highest BCUT2D eigenvalue weighted by Gasteiger charge is 2.25. The molecular weight excluding hydrogens is 228 g/mol. The van der Waals surface area contributed by atoms with Crippen molar-refractivity contribution in [2.45, 2.75) is 51.7 Å². The van der Waals surface area contributed by atoms with Crippen LogP contribution in [0.15, 0.2) is 0 Å². The number of carbonyl (C=O) groups is 1. The van der Waals surface area contributed by atoms with Crippen LogP contribution in [-0.2, 0) is 9.53 Å². The summed E-state index contributed by atoms with van der Waals surface area (Å²) >= 11 is 0. The number of hydrogen-bond acceptors (Lipinski definition) is 3. The van der Waals surface area contributed by atoms with E-state index < -0.39 is 0 Å². The Bertz CT molecular complexity index is 283. The molecule has 0 aromatic heterocycles. The predicted octanol–water partition coefficient (Wildman–Crippen LogP) is 1.40. The minimum absolute atomic E-state index is 0.154. The molecule has 0 unspecified atom stereocenters. The number of amides is 1. The Morgan fingerprint density at radius 2 is 2.11 bits per heavy atom. The van der Waals surface area contributed by atoms with Gasteiger partial charge in [0.15, 0.2) is 0 Å². The molecule has 2 rings (SSSR count). The SMILES string of the molecule is C[C@@H]1CN(C(=O)CO[C@@H]2CCCC[C@H]2C)CCN1. The fraction of sp³-hybridized carbons (Fsp3) is 0.929. The van der Waals surface area contributed by atoms with Gasteiger partial charge >= 0.3 is 0 Å². The number of rotatable bonds is 3. The molecule has 1 amide bonds. The van der Waals surface area contributed by atoms with Gasteiger partial charge in [0.1, 0.15) is 6.61 Å². The summed E-state index contributed by atoms with van der Waals surface area (Å²) in [5.41, 5.74) is 0. The zero-order valence-electron chi connectivity index (χ0n) is 11.7. The molecule has 4 heteroatoms. The second-order valence-electron chi connectivity index (χ2n) is 5.81. The fourth-order valence-corrected chi connectivity index (χ4v) is 2.96. The Morgan fingerprint density at radius 1 is 1.33 bits per heavy atom. The highest BCUT2D eigenvalue weighted by atomic mass is 16.5. The lowest BCUT2D eigenvalue weighted by molar-refractivity contribution is -0.141. The first-order valence-electron chi connectivity index (χ1n) is 7.29. The highest BCUT2D eigenvalue weighted by Crippen LogP contribution is 2.26. The molecule has 0 aromatic carbocycles. The summed E-state index contributed by atoms with van der Waals surface area (Å²) in [4.78, 5) is 14.0. The average Bonchev–Trinajstić information content (AvgIpc) is 2.37. The Balaban J connectivity index is 1.73. The first-order chi connectivity index (χ1) is 8.66. The van der Waals surface area contributed by atoms with Gasteiger partial charge in [0.2, 0.25) is 5.91 Å². The summed E-state index contributed by atoms with van der Waals surface area (Å²) < 4.78 is 5.83. The topological polar surface area (TPSA) is 41.6 Å². The second kappa shape index (κ2) is 6.53. The maximum absolute atomic E-state index is 12.1. The van der Waals surface area contributed by atoms with E-state index in [-0.39, 0.29) is 12.5 Å². The average molecular weight is 254 g/mol. The number of carbonyl (C=O) groups excluding carboxylic acids is 1. The van der Waals surface area contributed by atoms with Gasteiger partial charge in [-0.2, -0.15) is 0 Å². The third kappa shape index (κ3) is 3.69. The smallest absolute Gasteiger partial charge is 0.248 e. The van der Waals surface area contributed by atoms with Gasteiger partial charge in [0.25, 0.3) is 0 Å². The van der Waals surface area contributed by atoms with Crippen molar-refractivity contribution in [3.63, 3.8) is 0 Å². The number of piperazine rings is 1. The van der Waals surface area contributed by atoms with Crippen LogP contribution in [0.2, 0.25) is 0 Å². The molecule has 3 atom stereocenters. The Kier molecular flexibility index (Phi) is 5.01. The minimum Gasteiger partial charge on any atom is -0.368 e. The van der Waals surface area contributed by atoms with Crippen LogP contribution >= 0.6 is 0 Å². The van der Waals surface area contributed by atoms with E-state index in [0.717, 1.165) is 26.1 Å². The van der Waals surface area contributed by atoms with Gasteiger partial charge in [-0.3, -0.25) is 4.79 Å². The normalized spacial score (nSPS) is 33.4. The van der Waals surface area contributed by atoms with Crippen LogP contribution in [0.5, 0.6) is 0 Å². The number of ether oxygens (including phenoxy) is 1. The first-order valence-corrected chi connectivity index (χ1v) is 7.29. The van der Waals surface area contributed by atoms with Crippen molar-refractivity contribution in [3.05, 3.63) is 0 Å². The van der Waals surface area contributed by atoms with Crippen LogP contribution in [0.1, 0.15) is 39.5 Å². The lowest BCUT2D eigenvalue weighted by atomic mass is 9.88. The van der Waals surface area contributed by atoms with E-state index in [4.69, 9.17) is 4.74 Å². The molecule has 18 heavy (non-hydrogen) atoms. The van der Waals surface area contributed by atoms with Crippen molar-refractivity contribution in [3.8, 4) is 0 Å². The molecule has 0 aromatic rings.